The summed E-state index contributed by atoms with van der Waals surface area (Å²) in [5.41, 5.74) is 7.74. The zero-order valence-electron chi connectivity index (χ0n) is 8.95. The van der Waals surface area contributed by atoms with Gasteiger partial charge in [0.15, 0.2) is 0 Å². The summed E-state index contributed by atoms with van der Waals surface area (Å²) in [6.45, 7) is 1.97. The number of nitrogens with zero attached hydrogens (tertiary/aromatic N) is 1. The Labute approximate surface area is 88.4 Å². The first-order valence-electron chi connectivity index (χ1n) is 4.98. The van der Waals surface area contributed by atoms with E-state index in [2.05, 4.69) is 10.2 Å². The van der Waals surface area contributed by atoms with Gasteiger partial charge < -0.3 is 10.5 Å². The van der Waals surface area contributed by atoms with Crippen molar-refractivity contribution in [2.75, 3.05) is 7.11 Å². The van der Waals surface area contributed by atoms with Crippen LogP contribution < -0.4 is 10.5 Å². The van der Waals surface area contributed by atoms with Crippen LogP contribution in [0.2, 0.25) is 0 Å². The quantitative estimate of drug-likeness (QED) is 0.797. The molecule has 0 bridgehead atoms. The van der Waals surface area contributed by atoms with Crippen LogP contribution in [0.25, 0.3) is 10.9 Å². The van der Waals surface area contributed by atoms with Crippen LogP contribution in [-0.2, 0) is 6.42 Å². The fourth-order valence-corrected chi connectivity index (χ4v) is 1.74. The molecule has 15 heavy (non-hydrogen) atoms. The molecule has 0 fully saturated rings. The normalized spacial score (nSPS) is 13.0. The van der Waals surface area contributed by atoms with Gasteiger partial charge in [0.25, 0.3) is 0 Å². The summed E-state index contributed by atoms with van der Waals surface area (Å²) in [7, 11) is 1.66. The maximum absolute atomic E-state index is 5.78. The van der Waals surface area contributed by atoms with E-state index in [4.69, 9.17) is 10.5 Å². The number of benzene rings is 1. The summed E-state index contributed by atoms with van der Waals surface area (Å²) in [6, 6.07) is 5.93. The lowest BCUT2D eigenvalue weighted by Gasteiger charge is -2.05. The number of hydrogen-bond donors (Lipinski definition) is 2. The Hall–Kier alpha value is -1.55. The number of fused-ring (bicyclic) bond motifs is 1. The van der Waals surface area contributed by atoms with Crippen LogP contribution in [-0.4, -0.2) is 23.3 Å². The molecular weight excluding hydrogens is 190 g/mol. The maximum atomic E-state index is 5.78. The summed E-state index contributed by atoms with van der Waals surface area (Å²) >= 11 is 0. The van der Waals surface area contributed by atoms with E-state index < -0.39 is 0 Å². The van der Waals surface area contributed by atoms with Gasteiger partial charge in [-0.2, -0.15) is 5.10 Å². The van der Waals surface area contributed by atoms with E-state index in [0.29, 0.717) is 0 Å². The van der Waals surface area contributed by atoms with Crippen molar-refractivity contribution >= 4 is 10.9 Å². The van der Waals surface area contributed by atoms with Gasteiger partial charge in [0.2, 0.25) is 0 Å². The van der Waals surface area contributed by atoms with Crippen molar-refractivity contribution in [2.24, 2.45) is 5.73 Å². The summed E-state index contributed by atoms with van der Waals surface area (Å²) in [5.74, 6) is 0.844. The predicted octanol–water partition coefficient (Wildman–Crippen LogP) is 1.46. The molecule has 1 unspecified atom stereocenters. The summed E-state index contributed by atoms with van der Waals surface area (Å²) < 4.78 is 5.31. The second-order valence-electron chi connectivity index (χ2n) is 3.74. The van der Waals surface area contributed by atoms with Crippen molar-refractivity contribution in [1.29, 1.82) is 0 Å². The van der Waals surface area contributed by atoms with Crippen molar-refractivity contribution in [2.45, 2.75) is 19.4 Å². The number of aromatic amines is 1. The lowest BCUT2D eigenvalue weighted by Crippen LogP contribution is -2.18. The van der Waals surface area contributed by atoms with Gasteiger partial charge >= 0.3 is 0 Å². The van der Waals surface area contributed by atoms with Gasteiger partial charge in [0.05, 0.1) is 18.0 Å². The van der Waals surface area contributed by atoms with Gasteiger partial charge in [-0.25, -0.2) is 0 Å². The molecule has 4 heteroatoms. The average molecular weight is 205 g/mol. The van der Waals surface area contributed by atoms with Gasteiger partial charge in [0.1, 0.15) is 5.75 Å². The lowest BCUT2D eigenvalue weighted by molar-refractivity contribution is 0.419. The lowest BCUT2D eigenvalue weighted by atomic mass is 10.1. The van der Waals surface area contributed by atoms with Crippen LogP contribution in [0.1, 0.15) is 12.6 Å². The Morgan fingerprint density at radius 3 is 3.00 bits per heavy atom. The topological polar surface area (TPSA) is 63.9 Å². The highest BCUT2D eigenvalue weighted by Gasteiger charge is 2.11. The Bertz CT molecular complexity index is 462. The van der Waals surface area contributed by atoms with Crippen LogP contribution in [0.4, 0.5) is 0 Å². The molecule has 3 N–H and O–H groups in total. The average Bonchev–Trinajstić information content (AvgIpc) is 2.61. The highest BCUT2D eigenvalue weighted by Crippen LogP contribution is 2.27. The van der Waals surface area contributed by atoms with Gasteiger partial charge in [-0.15, -0.1) is 0 Å². The van der Waals surface area contributed by atoms with E-state index in [1.807, 2.05) is 25.1 Å². The minimum atomic E-state index is 0.110. The molecule has 0 aliphatic carbocycles. The van der Waals surface area contributed by atoms with Gasteiger partial charge in [-0.1, -0.05) is 6.07 Å². The van der Waals surface area contributed by atoms with Crippen LogP contribution in [0.5, 0.6) is 5.75 Å². The summed E-state index contributed by atoms with van der Waals surface area (Å²) in [4.78, 5) is 0. The molecule has 0 aliphatic heterocycles. The molecule has 1 heterocycles. The Morgan fingerprint density at radius 1 is 1.53 bits per heavy atom. The number of methoxy groups -OCH3 is 1. The second kappa shape index (κ2) is 3.90. The molecule has 1 atom stereocenters. The van der Waals surface area contributed by atoms with E-state index in [1.165, 1.54) is 0 Å². The second-order valence-corrected chi connectivity index (χ2v) is 3.74. The first kappa shape index (κ1) is 9.98. The molecule has 4 nitrogen and oxygen atoms in total. The number of nitrogens with two attached hydrogens (primary N) is 1. The first-order valence-corrected chi connectivity index (χ1v) is 4.98. The van der Waals surface area contributed by atoms with Crippen molar-refractivity contribution in [3.8, 4) is 5.75 Å². The fraction of sp³-hybridized carbons (Fsp3) is 0.364. The number of hydrogen-bond acceptors (Lipinski definition) is 3. The summed E-state index contributed by atoms with van der Waals surface area (Å²) in [6.07, 6.45) is 0.775. The van der Waals surface area contributed by atoms with Crippen molar-refractivity contribution in [3.63, 3.8) is 0 Å². The molecule has 0 aliphatic rings. The maximum Gasteiger partial charge on any atom is 0.130 e. The molecule has 0 spiro atoms. The van der Waals surface area contributed by atoms with Crippen LogP contribution in [0, 0.1) is 0 Å². The van der Waals surface area contributed by atoms with Crippen LogP contribution in [0.3, 0.4) is 0 Å². The molecule has 0 saturated carbocycles. The van der Waals surface area contributed by atoms with E-state index >= 15 is 0 Å². The third-order valence-electron chi connectivity index (χ3n) is 2.36. The molecule has 2 rings (SSSR count). The SMILES string of the molecule is COc1cccc2n[nH]c(CC(C)N)c12. The number of ether oxygens (including phenoxy) is 1. The molecule has 1 aromatic heterocycles. The van der Waals surface area contributed by atoms with Gasteiger partial charge in [-0.3, -0.25) is 5.10 Å². The molecule has 0 amide bonds. The molecule has 80 valence electrons. The molecular formula is C11H15N3O. The van der Waals surface area contributed by atoms with E-state index in [0.717, 1.165) is 28.8 Å². The predicted molar refractivity (Wildman–Crippen MR) is 60.0 cm³/mol. The van der Waals surface area contributed by atoms with Crippen molar-refractivity contribution in [1.82, 2.24) is 10.2 Å². The Balaban J connectivity index is 2.55. The zero-order chi connectivity index (χ0) is 10.8. The summed E-state index contributed by atoms with van der Waals surface area (Å²) in [5, 5.41) is 8.27. The van der Waals surface area contributed by atoms with Crippen LogP contribution in [0.15, 0.2) is 18.2 Å². The van der Waals surface area contributed by atoms with Crippen molar-refractivity contribution in [3.05, 3.63) is 23.9 Å². The number of H-pyrrole nitrogens is 1. The fourth-order valence-electron chi connectivity index (χ4n) is 1.74. The van der Waals surface area contributed by atoms with E-state index in [9.17, 15) is 0 Å². The number of nitrogens with one attached hydrogen (secondary N) is 1. The highest BCUT2D eigenvalue weighted by molar-refractivity contribution is 5.87. The first-order chi connectivity index (χ1) is 7.22. The highest BCUT2D eigenvalue weighted by atomic mass is 16.5. The van der Waals surface area contributed by atoms with E-state index in [1.54, 1.807) is 7.11 Å². The van der Waals surface area contributed by atoms with E-state index in [-0.39, 0.29) is 6.04 Å². The van der Waals surface area contributed by atoms with Gasteiger partial charge in [0, 0.05) is 18.2 Å². The molecule has 2 aromatic rings. The largest absolute Gasteiger partial charge is 0.496 e. The third-order valence-corrected chi connectivity index (χ3v) is 2.36. The zero-order valence-corrected chi connectivity index (χ0v) is 8.95. The van der Waals surface area contributed by atoms with Gasteiger partial charge in [-0.05, 0) is 19.1 Å². The Kier molecular flexibility index (Phi) is 2.60. The number of rotatable bonds is 3. The Morgan fingerprint density at radius 2 is 2.33 bits per heavy atom. The minimum Gasteiger partial charge on any atom is -0.496 e. The van der Waals surface area contributed by atoms with Crippen LogP contribution >= 0.6 is 0 Å². The standard InChI is InChI=1S/C11H15N3O/c1-7(12)6-9-11-8(13-14-9)4-3-5-10(11)15-2/h3-5,7H,6,12H2,1-2H3,(H,13,14). The molecule has 0 radical (unpaired) electrons. The minimum absolute atomic E-state index is 0.110. The number of aromatic nitrogens is 2. The molecule has 0 saturated heterocycles. The molecule has 1 aromatic carbocycles. The third kappa shape index (κ3) is 1.80. The monoisotopic (exact) mass is 205 g/mol. The smallest absolute Gasteiger partial charge is 0.130 e. The van der Waals surface area contributed by atoms with Crippen molar-refractivity contribution < 1.29 is 4.74 Å².